The Morgan fingerprint density at radius 2 is 1.89 bits per heavy atom. The zero-order valence-corrected chi connectivity index (χ0v) is 16.1. The second-order valence-electron chi connectivity index (χ2n) is 6.50. The van der Waals surface area contributed by atoms with Crippen LogP contribution in [0.15, 0.2) is 54.6 Å². The van der Waals surface area contributed by atoms with Crippen LogP contribution in [0.3, 0.4) is 0 Å². The maximum absolute atomic E-state index is 14.1. The van der Waals surface area contributed by atoms with Crippen molar-refractivity contribution in [3.63, 3.8) is 0 Å². The fourth-order valence-corrected chi connectivity index (χ4v) is 4.91. The Morgan fingerprint density at radius 1 is 1.19 bits per heavy atom. The third kappa shape index (κ3) is 5.17. The predicted octanol–water partition coefficient (Wildman–Crippen LogP) is 3.71. The van der Waals surface area contributed by atoms with Crippen molar-refractivity contribution in [2.75, 3.05) is 11.5 Å². The van der Waals surface area contributed by atoms with Crippen molar-refractivity contribution < 1.29 is 17.6 Å². The van der Waals surface area contributed by atoms with Gasteiger partial charge in [-0.2, -0.15) is 0 Å². The Kier molecular flexibility index (Phi) is 5.97. The summed E-state index contributed by atoms with van der Waals surface area (Å²) in [7, 11) is -3.17. The van der Waals surface area contributed by atoms with E-state index in [2.05, 4.69) is 0 Å². The van der Waals surface area contributed by atoms with Gasteiger partial charge in [0.05, 0.1) is 11.5 Å². The Morgan fingerprint density at radius 3 is 2.52 bits per heavy atom. The summed E-state index contributed by atoms with van der Waals surface area (Å²) in [5.74, 6) is -0.824. The average molecular weight is 408 g/mol. The second kappa shape index (κ2) is 8.23. The highest BCUT2D eigenvalue weighted by Gasteiger charge is 2.34. The van der Waals surface area contributed by atoms with Gasteiger partial charge >= 0.3 is 0 Å². The van der Waals surface area contributed by atoms with Gasteiger partial charge in [-0.05, 0) is 36.3 Å². The van der Waals surface area contributed by atoms with E-state index in [4.69, 9.17) is 11.6 Å². The number of halogens is 2. The highest BCUT2D eigenvalue weighted by molar-refractivity contribution is 7.91. The Labute approximate surface area is 163 Å². The van der Waals surface area contributed by atoms with Crippen LogP contribution in [0.2, 0.25) is 5.02 Å². The van der Waals surface area contributed by atoms with Gasteiger partial charge in [-0.1, -0.05) is 41.9 Å². The molecule has 1 aliphatic rings. The minimum Gasteiger partial charge on any atom is -0.331 e. The first-order valence-electron chi connectivity index (χ1n) is 8.52. The zero-order valence-electron chi connectivity index (χ0n) is 14.5. The zero-order chi connectivity index (χ0) is 19.4. The van der Waals surface area contributed by atoms with Gasteiger partial charge in [0, 0.05) is 29.2 Å². The number of hydrogen-bond acceptors (Lipinski definition) is 3. The van der Waals surface area contributed by atoms with E-state index >= 15 is 0 Å². The molecule has 1 amide bonds. The minimum atomic E-state index is -3.17. The monoisotopic (exact) mass is 407 g/mol. The molecule has 1 fully saturated rings. The molecule has 0 bridgehead atoms. The van der Waals surface area contributed by atoms with Gasteiger partial charge in [-0.15, -0.1) is 0 Å². The first-order valence-corrected chi connectivity index (χ1v) is 10.7. The van der Waals surface area contributed by atoms with Gasteiger partial charge in [0.15, 0.2) is 9.84 Å². The smallest absolute Gasteiger partial charge is 0.247 e. The van der Waals surface area contributed by atoms with E-state index < -0.39 is 21.7 Å². The number of hydrogen-bond donors (Lipinski definition) is 0. The van der Waals surface area contributed by atoms with E-state index in [1.807, 2.05) is 0 Å². The molecule has 0 N–H and O–H groups in total. The quantitative estimate of drug-likeness (QED) is 0.710. The van der Waals surface area contributed by atoms with Crippen molar-refractivity contribution in [3.05, 3.63) is 76.6 Å². The van der Waals surface area contributed by atoms with Crippen molar-refractivity contribution in [1.82, 2.24) is 4.90 Å². The normalized spacial score (nSPS) is 18.7. The molecule has 0 aromatic heterocycles. The maximum atomic E-state index is 14.1. The minimum absolute atomic E-state index is 0.0245. The van der Waals surface area contributed by atoms with Crippen LogP contribution in [-0.2, 0) is 21.2 Å². The molecule has 142 valence electrons. The second-order valence-corrected chi connectivity index (χ2v) is 9.16. The summed E-state index contributed by atoms with van der Waals surface area (Å²) >= 11 is 5.85. The van der Waals surface area contributed by atoms with Crippen LogP contribution in [0.1, 0.15) is 17.5 Å². The van der Waals surface area contributed by atoms with Gasteiger partial charge in [-0.3, -0.25) is 4.79 Å². The van der Waals surface area contributed by atoms with E-state index in [1.165, 1.54) is 17.0 Å². The van der Waals surface area contributed by atoms with Crippen LogP contribution >= 0.6 is 11.6 Å². The molecule has 0 radical (unpaired) electrons. The molecular formula is C20H19ClFNO3S. The number of sulfone groups is 1. The fourth-order valence-electron chi connectivity index (χ4n) is 3.06. The first kappa shape index (κ1) is 19.6. The van der Waals surface area contributed by atoms with Crippen LogP contribution in [0.25, 0.3) is 6.08 Å². The fraction of sp³-hybridized carbons (Fsp3) is 0.250. The van der Waals surface area contributed by atoms with Crippen LogP contribution in [0.5, 0.6) is 0 Å². The molecular weight excluding hydrogens is 389 g/mol. The SMILES string of the molecule is O=C(/C=C/c1ccc(Cl)cc1)N(Cc1ccccc1F)[C@@H]1CCS(=O)(=O)C1. The van der Waals surface area contributed by atoms with Gasteiger partial charge in [0.1, 0.15) is 5.82 Å². The molecule has 4 nitrogen and oxygen atoms in total. The third-order valence-corrected chi connectivity index (χ3v) is 6.52. The molecule has 3 rings (SSSR count). The largest absolute Gasteiger partial charge is 0.331 e. The van der Waals surface area contributed by atoms with Crippen molar-refractivity contribution in [2.24, 2.45) is 0 Å². The van der Waals surface area contributed by atoms with Crippen molar-refractivity contribution in [1.29, 1.82) is 0 Å². The van der Waals surface area contributed by atoms with E-state index in [1.54, 1.807) is 48.5 Å². The average Bonchev–Trinajstić information content (AvgIpc) is 3.00. The number of carbonyl (C=O) groups excluding carboxylic acids is 1. The summed E-state index contributed by atoms with van der Waals surface area (Å²) in [6, 6.07) is 12.7. The molecule has 0 spiro atoms. The topological polar surface area (TPSA) is 54.5 Å². The molecule has 0 unspecified atom stereocenters. The number of rotatable bonds is 5. The highest BCUT2D eigenvalue weighted by atomic mass is 35.5. The first-order chi connectivity index (χ1) is 12.8. The van der Waals surface area contributed by atoms with E-state index in [0.29, 0.717) is 17.0 Å². The number of amides is 1. The van der Waals surface area contributed by atoms with Crippen LogP contribution in [0, 0.1) is 5.82 Å². The highest BCUT2D eigenvalue weighted by Crippen LogP contribution is 2.22. The summed E-state index contributed by atoms with van der Waals surface area (Å²) in [5, 5.41) is 0.593. The summed E-state index contributed by atoms with van der Waals surface area (Å²) in [6.45, 7) is 0.0245. The molecule has 27 heavy (non-hydrogen) atoms. The summed E-state index contributed by atoms with van der Waals surface area (Å²) in [5.41, 5.74) is 1.15. The molecule has 0 saturated carbocycles. The van der Waals surface area contributed by atoms with Crippen molar-refractivity contribution in [2.45, 2.75) is 19.0 Å². The molecule has 1 aliphatic heterocycles. The Balaban J connectivity index is 1.83. The Bertz CT molecular complexity index is 957. The van der Waals surface area contributed by atoms with Crippen molar-refractivity contribution >= 4 is 33.4 Å². The lowest BCUT2D eigenvalue weighted by molar-refractivity contribution is -0.128. The van der Waals surface area contributed by atoms with E-state index in [9.17, 15) is 17.6 Å². The summed E-state index contributed by atoms with van der Waals surface area (Å²) < 4.78 is 37.8. The molecule has 1 atom stereocenters. The number of benzene rings is 2. The molecule has 0 aliphatic carbocycles. The standard InChI is InChI=1S/C20H19ClFNO3S/c21-17-8-5-15(6-9-17)7-10-20(24)23(18-11-12-27(25,26)14-18)13-16-3-1-2-4-19(16)22/h1-10,18H,11-14H2/b10-7+/t18-/m1/s1. The summed E-state index contributed by atoms with van der Waals surface area (Å²) in [6.07, 6.45) is 3.38. The lowest BCUT2D eigenvalue weighted by atomic mass is 10.1. The van der Waals surface area contributed by atoms with Gasteiger partial charge in [0.25, 0.3) is 0 Å². The number of carbonyl (C=O) groups is 1. The van der Waals surface area contributed by atoms with Gasteiger partial charge < -0.3 is 4.90 Å². The summed E-state index contributed by atoms with van der Waals surface area (Å²) in [4.78, 5) is 14.2. The van der Waals surface area contributed by atoms with Crippen molar-refractivity contribution in [3.8, 4) is 0 Å². The number of nitrogens with zero attached hydrogens (tertiary/aromatic N) is 1. The molecule has 1 heterocycles. The van der Waals surface area contributed by atoms with E-state index in [-0.39, 0.29) is 24.0 Å². The van der Waals surface area contributed by atoms with Gasteiger partial charge in [-0.25, -0.2) is 12.8 Å². The third-order valence-electron chi connectivity index (χ3n) is 4.52. The van der Waals surface area contributed by atoms with Crippen LogP contribution in [0.4, 0.5) is 4.39 Å². The molecule has 1 saturated heterocycles. The van der Waals surface area contributed by atoms with Crippen LogP contribution in [-0.4, -0.2) is 36.8 Å². The molecule has 2 aromatic carbocycles. The predicted molar refractivity (Wildman–Crippen MR) is 104 cm³/mol. The molecule has 2 aromatic rings. The van der Waals surface area contributed by atoms with Crippen LogP contribution < -0.4 is 0 Å². The lowest BCUT2D eigenvalue weighted by Crippen LogP contribution is -2.39. The Hall–Kier alpha value is -2.18. The van der Waals surface area contributed by atoms with Gasteiger partial charge in [0.2, 0.25) is 5.91 Å². The lowest BCUT2D eigenvalue weighted by Gasteiger charge is -2.27. The molecule has 7 heteroatoms. The maximum Gasteiger partial charge on any atom is 0.247 e. The van der Waals surface area contributed by atoms with E-state index in [0.717, 1.165) is 5.56 Å².